The van der Waals surface area contributed by atoms with Crippen molar-refractivity contribution in [3.05, 3.63) is 45.2 Å². The summed E-state index contributed by atoms with van der Waals surface area (Å²) in [6.07, 6.45) is 9.29. The van der Waals surface area contributed by atoms with E-state index in [4.69, 9.17) is 0 Å². The Labute approximate surface area is 140 Å². The van der Waals surface area contributed by atoms with Gasteiger partial charge in [0.2, 0.25) is 0 Å². The highest BCUT2D eigenvalue weighted by Crippen LogP contribution is 2.33. The van der Waals surface area contributed by atoms with Gasteiger partial charge in [0.05, 0.1) is 16.3 Å². The standard InChI is InChI=1S/C18H21N3OS/c1-12-9-19-10-15(20-12)14-5-3-7-21(11-14)18(22)17-8-13-4-2-6-16(13)23-17/h8-10,14H,2-7,11H2,1H3. The lowest BCUT2D eigenvalue weighted by molar-refractivity contribution is 0.0710. The van der Waals surface area contributed by atoms with Crippen LogP contribution in [0.25, 0.3) is 0 Å². The Morgan fingerprint density at radius 3 is 3.04 bits per heavy atom. The highest BCUT2D eigenvalue weighted by atomic mass is 32.1. The van der Waals surface area contributed by atoms with Crippen LogP contribution in [-0.2, 0) is 12.8 Å². The van der Waals surface area contributed by atoms with Crippen LogP contribution in [-0.4, -0.2) is 33.9 Å². The highest BCUT2D eigenvalue weighted by molar-refractivity contribution is 7.14. The Morgan fingerprint density at radius 1 is 1.30 bits per heavy atom. The number of aromatic nitrogens is 2. The molecule has 1 aliphatic carbocycles. The molecule has 2 aromatic heterocycles. The second-order valence-electron chi connectivity index (χ2n) is 6.59. The van der Waals surface area contributed by atoms with Crippen molar-refractivity contribution >= 4 is 17.2 Å². The van der Waals surface area contributed by atoms with Crippen molar-refractivity contribution in [2.24, 2.45) is 0 Å². The molecule has 1 atom stereocenters. The third-order valence-corrected chi connectivity index (χ3v) is 6.08. The maximum absolute atomic E-state index is 12.8. The van der Waals surface area contributed by atoms with E-state index in [0.29, 0.717) is 5.92 Å². The number of thiophene rings is 1. The van der Waals surface area contributed by atoms with Crippen LogP contribution in [0.1, 0.15) is 56.7 Å². The number of aryl methyl sites for hydroxylation is 3. The second kappa shape index (κ2) is 6.04. The molecule has 5 heteroatoms. The first kappa shape index (κ1) is 14.8. The Bertz CT molecular complexity index is 718. The summed E-state index contributed by atoms with van der Waals surface area (Å²) in [7, 11) is 0. The molecule has 4 nitrogen and oxygen atoms in total. The van der Waals surface area contributed by atoms with Gasteiger partial charge < -0.3 is 4.90 Å². The zero-order valence-electron chi connectivity index (χ0n) is 13.4. The van der Waals surface area contributed by atoms with Gasteiger partial charge in [-0.1, -0.05) is 0 Å². The van der Waals surface area contributed by atoms with Crippen LogP contribution in [0.15, 0.2) is 18.5 Å². The summed E-state index contributed by atoms with van der Waals surface area (Å²) >= 11 is 1.70. The zero-order chi connectivity index (χ0) is 15.8. The summed E-state index contributed by atoms with van der Waals surface area (Å²) in [6, 6.07) is 2.13. The van der Waals surface area contributed by atoms with Crippen LogP contribution in [0, 0.1) is 6.92 Å². The normalized spacial score (nSPS) is 20.6. The number of hydrogen-bond acceptors (Lipinski definition) is 4. The summed E-state index contributed by atoms with van der Waals surface area (Å²) in [5.74, 6) is 0.515. The number of hydrogen-bond donors (Lipinski definition) is 0. The van der Waals surface area contributed by atoms with Gasteiger partial charge in [0.25, 0.3) is 5.91 Å². The molecule has 0 N–H and O–H groups in total. The number of amides is 1. The molecule has 1 fully saturated rings. The van der Waals surface area contributed by atoms with E-state index < -0.39 is 0 Å². The maximum atomic E-state index is 12.8. The number of carbonyl (C=O) groups excluding carboxylic acids is 1. The fourth-order valence-electron chi connectivity index (χ4n) is 3.67. The molecule has 1 aliphatic heterocycles. The second-order valence-corrected chi connectivity index (χ2v) is 7.73. The molecule has 1 unspecified atom stereocenters. The van der Waals surface area contributed by atoms with Crippen molar-refractivity contribution in [3.63, 3.8) is 0 Å². The third-order valence-electron chi connectivity index (χ3n) is 4.86. The number of fused-ring (bicyclic) bond motifs is 1. The first-order chi connectivity index (χ1) is 11.2. The van der Waals surface area contributed by atoms with Gasteiger partial charge in [-0.15, -0.1) is 11.3 Å². The minimum atomic E-state index is 0.203. The molecule has 1 amide bonds. The fraction of sp³-hybridized carbons (Fsp3) is 0.500. The summed E-state index contributed by atoms with van der Waals surface area (Å²) in [5, 5.41) is 0. The molecule has 4 rings (SSSR count). The number of likely N-dealkylation sites (tertiary alicyclic amines) is 1. The number of carbonyl (C=O) groups is 1. The minimum Gasteiger partial charge on any atom is -0.337 e. The largest absolute Gasteiger partial charge is 0.337 e. The quantitative estimate of drug-likeness (QED) is 0.850. The topological polar surface area (TPSA) is 46.1 Å². The molecule has 3 heterocycles. The smallest absolute Gasteiger partial charge is 0.263 e. The fourth-order valence-corrected chi connectivity index (χ4v) is 4.89. The molecule has 0 aromatic carbocycles. The van der Waals surface area contributed by atoms with Crippen molar-refractivity contribution in [3.8, 4) is 0 Å². The Hall–Kier alpha value is -1.75. The van der Waals surface area contributed by atoms with E-state index in [1.807, 2.05) is 18.0 Å². The van der Waals surface area contributed by atoms with Crippen LogP contribution in [0.3, 0.4) is 0 Å². The molecular formula is C18H21N3OS. The van der Waals surface area contributed by atoms with Crippen molar-refractivity contribution < 1.29 is 4.79 Å². The molecular weight excluding hydrogens is 306 g/mol. The molecule has 0 saturated carbocycles. The van der Waals surface area contributed by atoms with Crippen LogP contribution in [0.4, 0.5) is 0 Å². The van der Waals surface area contributed by atoms with E-state index in [1.165, 1.54) is 16.9 Å². The molecule has 2 aliphatic rings. The van der Waals surface area contributed by atoms with Crippen LogP contribution < -0.4 is 0 Å². The third kappa shape index (κ3) is 2.90. The molecule has 120 valence electrons. The van der Waals surface area contributed by atoms with Crippen molar-refractivity contribution in [1.82, 2.24) is 14.9 Å². The lowest BCUT2D eigenvalue weighted by atomic mass is 9.95. The highest BCUT2D eigenvalue weighted by Gasteiger charge is 2.28. The van der Waals surface area contributed by atoms with Crippen molar-refractivity contribution in [2.45, 2.75) is 44.9 Å². The monoisotopic (exact) mass is 327 g/mol. The van der Waals surface area contributed by atoms with Crippen LogP contribution in [0.5, 0.6) is 0 Å². The summed E-state index contributed by atoms with van der Waals surface area (Å²) in [5.41, 5.74) is 3.37. The van der Waals surface area contributed by atoms with Crippen LogP contribution in [0.2, 0.25) is 0 Å². The van der Waals surface area contributed by atoms with Gasteiger partial charge in [-0.05, 0) is 50.7 Å². The van der Waals surface area contributed by atoms with Crippen LogP contribution >= 0.6 is 11.3 Å². The Morgan fingerprint density at radius 2 is 2.22 bits per heavy atom. The van der Waals surface area contributed by atoms with E-state index in [0.717, 1.165) is 55.0 Å². The summed E-state index contributed by atoms with van der Waals surface area (Å²) in [6.45, 7) is 3.59. The minimum absolute atomic E-state index is 0.203. The lowest BCUT2D eigenvalue weighted by Crippen LogP contribution is -2.39. The van der Waals surface area contributed by atoms with Gasteiger partial charge in [-0.3, -0.25) is 14.8 Å². The average molecular weight is 327 g/mol. The molecule has 0 spiro atoms. The Balaban J connectivity index is 1.51. The maximum Gasteiger partial charge on any atom is 0.263 e. The molecule has 0 radical (unpaired) electrons. The van der Waals surface area contributed by atoms with E-state index >= 15 is 0 Å². The van der Waals surface area contributed by atoms with E-state index in [1.54, 1.807) is 17.5 Å². The summed E-state index contributed by atoms with van der Waals surface area (Å²) < 4.78 is 0. The first-order valence-electron chi connectivity index (χ1n) is 8.40. The Kier molecular flexibility index (Phi) is 3.89. The number of rotatable bonds is 2. The number of nitrogens with zero attached hydrogens (tertiary/aromatic N) is 3. The van der Waals surface area contributed by atoms with Gasteiger partial charge >= 0.3 is 0 Å². The molecule has 2 aromatic rings. The van der Waals surface area contributed by atoms with Gasteiger partial charge in [0.15, 0.2) is 0 Å². The number of piperidine rings is 1. The molecule has 1 saturated heterocycles. The lowest BCUT2D eigenvalue weighted by Gasteiger charge is -2.32. The van der Waals surface area contributed by atoms with Gasteiger partial charge in [0.1, 0.15) is 0 Å². The summed E-state index contributed by atoms with van der Waals surface area (Å²) in [4.78, 5) is 26.1. The SMILES string of the molecule is Cc1cncc(C2CCCN(C(=O)c3cc4c(s3)CCC4)C2)n1. The predicted molar refractivity (Wildman–Crippen MR) is 91.0 cm³/mol. The van der Waals surface area contributed by atoms with Crippen molar-refractivity contribution in [1.29, 1.82) is 0 Å². The zero-order valence-corrected chi connectivity index (χ0v) is 14.2. The first-order valence-corrected chi connectivity index (χ1v) is 9.22. The predicted octanol–water partition coefficient (Wildman–Crippen LogP) is 3.36. The van der Waals surface area contributed by atoms with E-state index in [9.17, 15) is 4.79 Å². The molecule has 0 bridgehead atoms. The van der Waals surface area contributed by atoms with Gasteiger partial charge in [0, 0.05) is 36.3 Å². The average Bonchev–Trinajstić information content (AvgIpc) is 3.16. The van der Waals surface area contributed by atoms with E-state index in [2.05, 4.69) is 16.0 Å². The van der Waals surface area contributed by atoms with Gasteiger partial charge in [-0.2, -0.15) is 0 Å². The van der Waals surface area contributed by atoms with Crippen molar-refractivity contribution in [2.75, 3.05) is 13.1 Å². The molecule has 23 heavy (non-hydrogen) atoms. The van der Waals surface area contributed by atoms with E-state index in [-0.39, 0.29) is 5.91 Å². The van der Waals surface area contributed by atoms with Gasteiger partial charge in [-0.25, -0.2) is 0 Å².